The zero-order valence-corrected chi connectivity index (χ0v) is 21.2. The lowest BCUT2D eigenvalue weighted by molar-refractivity contribution is -0.143. The Balaban J connectivity index is 1.83. The standard InChI is InChI=1S/C29H38F3NO2/c1-4-35-27(34)18-21-8-7-10-24-23-9-5-6-11-26(23)33(28(21)24)25(17-12-19(2)3)20-13-15-22(16-14-20)29(30,31)32/h13-16,19,21,25H,4-12,17-18H2,1-3H3/t21?,25-/m1/s1. The van der Waals surface area contributed by atoms with Gasteiger partial charge in [0.25, 0.3) is 0 Å². The van der Waals surface area contributed by atoms with Crippen molar-refractivity contribution in [2.75, 3.05) is 6.61 Å². The Morgan fingerprint density at radius 1 is 1.03 bits per heavy atom. The molecule has 0 radical (unpaired) electrons. The van der Waals surface area contributed by atoms with Crippen LogP contribution in [-0.2, 0) is 35.0 Å². The number of esters is 1. The van der Waals surface area contributed by atoms with Crippen LogP contribution in [0.25, 0.3) is 0 Å². The molecule has 192 valence electrons. The van der Waals surface area contributed by atoms with E-state index in [0.717, 1.165) is 56.9 Å². The van der Waals surface area contributed by atoms with Gasteiger partial charge < -0.3 is 9.30 Å². The van der Waals surface area contributed by atoms with E-state index in [-0.39, 0.29) is 17.9 Å². The molecule has 0 fully saturated rings. The van der Waals surface area contributed by atoms with Gasteiger partial charge in [0.1, 0.15) is 0 Å². The lowest BCUT2D eigenvalue weighted by Gasteiger charge is -2.31. The second-order valence-corrected chi connectivity index (χ2v) is 10.6. The van der Waals surface area contributed by atoms with Gasteiger partial charge >= 0.3 is 12.1 Å². The number of fused-ring (bicyclic) bond motifs is 3. The Morgan fingerprint density at radius 3 is 2.37 bits per heavy atom. The summed E-state index contributed by atoms with van der Waals surface area (Å²) in [5.74, 6) is 0.424. The second-order valence-electron chi connectivity index (χ2n) is 10.6. The summed E-state index contributed by atoms with van der Waals surface area (Å²) in [7, 11) is 0. The van der Waals surface area contributed by atoms with Crippen LogP contribution >= 0.6 is 0 Å². The van der Waals surface area contributed by atoms with Crippen molar-refractivity contribution in [1.29, 1.82) is 0 Å². The lowest BCUT2D eigenvalue weighted by Crippen LogP contribution is -2.23. The number of alkyl halides is 3. The molecule has 0 aliphatic heterocycles. The summed E-state index contributed by atoms with van der Waals surface area (Å²) in [6, 6.07) is 5.74. The Hall–Kier alpha value is -2.24. The van der Waals surface area contributed by atoms with Crippen LogP contribution in [0, 0.1) is 5.92 Å². The predicted octanol–water partition coefficient (Wildman–Crippen LogP) is 7.78. The van der Waals surface area contributed by atoms with Crippen molar-refractivity contribution in [2.45, 2.75) is 103 Å². The first-order valence-corrected chi connectivity index (χ1v) is 13.3. The van der Waals surface area contributed by atoms with Crippen molar-refractivity contribution in [3.8, 4) is 0 Å². The molecule has 4 rings (SSSR count). The maximum absolute atomic E-state index is 13.3. The van der Waals surface area contributed by atoms with Gasteiger partial charge in [-0.15, -0.1) is 0 Å². The number of nitrogens with zero attached hydrogens (tertiary/aromatic N) is 1. The highest BCUT2D eigenvalue weighted by Crippen LogP contribution is 2.45. The topological polar surface area (TPSA) is 31.2 Å². The first kappa shape index (κ1) is 25.8. The first-order chi connectivity index (χ1) is 16.7. The highest BCUT2D eigenvalue weighted by Gasteiger charge is 2.36. The maximum atomic E-state index is 13.3. The number of carbonyl (C=O) groups excluding carboxylic acids is 1. The van der Waals surface area contributed by atoms with Crippen LogP contribution in [0.4, 0.5) is 13.2 Å². The van der Waals surface area contributed by atoms with Crippen LogP contribution in [0.2, 0.25) is 0 Å². The number of hydrogen-bond donors (Lipinski definition) is 0. The number of carbonyl (C=O) groups is 1. The Labute approximate surface area is 207 Å². The molecule has 2 aliphatic carbocycles. The largest absolute Gasteiger partial charge is 0.466 e. The van der Waals surface area contributed by atoms with Crippen molar-refractivity contribution in [1.82, 2.24) is 4.57 Å². The molecule has 0 N–H and O–H groups in total. The predicted molar refractivity (Wildman–Crippen MR) is 132 cm³/mol. The number of benzene rings is 1. The summed E-state index contributed by atoms with van der Waals surface area (Å²) in [5, 5.41) is 0. The zero-order valence-electron chi connectivity index (χ0n) is 21.2. The average Bonchev–Trinajstić information content (AvgIpc) is 3.15. The van der Waals surface area contributed by atoms with E-state index in [4.69, 9.17) is 4.74 Å². The van der Waals surface area contributed by atoms with Crippen molar-refractivity contribution >= 4 is 5.97 Å². The molecule has 2 aromatic rings. The highest BCUT2D eigenvalue weighted by molar-refractivity contribution is 5.70. The molecular weight excluding hydrogens is 451 g/mol. The minimum atomic E-state index is -4.34. The first-order valence-electron chi connectivity index (χ1n) is 13.3. The van der Waals surface area contributed by atoms with Gasteiger partial charge in [0, 0.05) is 17.3 Å². The van der Waals surface area contributed by atoms with Gasteiger partial charge in [-0.1, -0.05) is 26.0 Å². The molecule has 0 saturated carbocycles. The quantitative estimate of drug-likeness (QED) is 0.355. The summed E-state index contributed by atoms with van der Waals surface area (Å²) >= 11 is 0. The van der Waals surface area contributed by atoms with E-state index >= 15 is 0 Å². The monoisotopic (exact) mass is 489 g/mol. The van der Waals surface area contributed by atoms with E-state index < -0.39 is 11.7 Å². The van der Waals surface area contributed by atoms with Crippen LogP contribution < -0.4 is 0 Å². The number of rotatable bonds is 8. The van der Waals surface area contributed by atoms with Crippen molar-refractivity contribution in [2.24, 2.45) is 5.92 Å². The van der Waals surface area contributed by atoms with E-state index in [1.54, 1.807) is 12.1 Å². The number of hydrogen-bond acceptors (Lipinski definition) is 2. The molecule has 2 atom stereocenters. The highest BCUT2D eigenvalue weighted by atomic mass is 19.4. The van der Waals surface area contributed by atoms with E-state index in [1.165, 1.54) is 41.1 Å². The molecule has 0 spiro atoms. The fourth-order valence-electron chi connectivity index (χ4n) is 6.12. The SMILES string of the molecule is CCOC(=O)CC1CCCc2c3c(n([C@H](CCC(C)C)c4ccc(C(F)(F)F)cc4)c21)CCCC3. The number of aromatic nitrogens is 1. The van der Waals surface area contributed by atoms with Crippen molar-refractivity contribution in [3.63, 3.8) is 0 Å². The fraction of sp³-hybridized carbons (Fsp3) is 0.621. The maximum Gasteiger partial charge on any atom is 0.416 e. The van der Waals surface area contributed by atoms with Gasteiger partial charge in [0.15, 0.2) is 0 Å². The smallest absolute Gasteiger partial charge is 0.416 e. The van der Waals surface area contributed by atoms with Gasteiger partial charge in [-0.3, -0.25) is 4.79 Å². The normalized spacial score (nSPS) is 18.8. The van der Waals surface area contributed by atoms with Crippen molar-refractivity contribution in [3.05, 3.63) is 57.9 Å². The third-order valence-electron chi connectivity index (χ3n) is 7.70. The Kier molecular flexibility index (Phi) is 7.97. The summed E-state index contributed by atoms with van der Waals surface area (Å²) in [5.41, 5.74) is 5.77. The summed E-state index contributed by atoms with van der Waals surface area (Å²) in [4.78, 5) is 12.5. The van der Waals surface area contributed by atoms with Crippen LogP contribution in [-0.4, -0.2) is 17.1 Å². The van der Waals surface area contributed by atoms with Crippen LogP contribution in [0.1, 0.15) is 111 Å². The molecule has 2 aliphatic rings. The minimum absolute atomic E-state index is 0.0296. The van der Waals surface area contributed by atoms with Crippen LogP contribution in [0.15, 0.2) is 24.3 Å². The van der Waals surface area contributed by atoms with E-state index in [9.17, 15) is 18.0 Å². The van der Waals surface area contributed by atoms with Gasteiger partial charge in [0.2, 0.25) is 0 Å². The molecule has 1 unspecified atom stereocenters. The molecule has 35 heavy (non-hydrogen) atoms. The third kappa shape index (κ3) is 5.62. The van der Waals surface area contributed by atoms with Gasteiger partial charge in [-0.05, 0) is 99.5 Å². The lowest BCUT2D eigenvalue weighted by atomic mass is 9.82. The molecule has 6 heteroatoms. The molecular formula is C29H38F3NO2. The third-order valence-corrected chi connectivity index (χ3v) is 7.70. The summed E-state index contributed by atoms with van der Waals surface area (Å²) in [6.07, 6.45) is 5.24. The molecule has 1 aromatic heterocycles. The molecule has 1 heterocycles. The summed E-state index contributed by atoms with van der Waals surface area (Å²) < 4.78 is 47.6. The number of halogens is 3. The molecule has 3 nitrogen and oxygen atoms in total. The number of ether oxygens (including phenoxy) is 1. The average molecular weight is 490 g/mol. The molecule has 0 amide bonds. The Bertz CT molecular complexity index is 1020. The molecule has 1 aromatic carbocycles. The van der Waals surface area contributed by atoms with Gasteiger partial charge in [-0.25, -0.2) is 0 Å². The van der Waals surface area contributed by atoms with Gasteiger partial charge in [-0.2, -0.15) is 13.2 Å². The van der Waals surface area contributed by atoms with Crippen LogP contribution in [0.5, 0.6) is 0 Å². The van der Waals surface area contributed by atoms with E-state index in [0.29, 0.717) is 18.9 Å². The fourth-order valence-corrected chi connectivity index (χ4v) is 6.12. The summed E-state index contributed by atoms with van der Waals surface area (Å²) in [6.45, 7) is 6.58. The Morgan fingerprint density at radius 2 is 1.71 bits per heavy atom. The van der Waals surface area contributed by atoms with Crippen LogP contribution in [0.3, 0.4) is 0 Å². The molecule has 0 bridgehead atoms. The van der Waals surface area contributed by atoms with E-state index in [1.807, 2.05) is 6.92 Å². The zero-order chi connectivity index (χ0) is 25.2. The second kappa shape index (κ2) is 10.8. The van der Waals surface area contributed by atoms with Crippen molar-refractivity contribution < 1.29 is 22.7 Å². The van der Waals surface area contributed by atoms with Gasteiger partial charge in [0.05, 0.1) is 24.6 Å². The molecule has 0 saturated heterocycles. The van der Waals surface area contributed by atoms with E-state index in [2.05, 4.69) is 18.4 Å². The minimum Gasteiger partial charge on any atom is -0.466 e.